The monoisotopic (exact) mass is 390 g/mol. The second kappa shape index (κ2) is 7.83. The predicted octanol–water partition coefficient (Wildman–Crippen LogP) is 2.77. The number of carbonyl (C=O) groups excluding carboxylic acids is 1. The van der Waals surface area contributed by atoms with Gasteiger partial charge in [0.2, 0.25) is 11.0 Å². The third-order valence-electron chi connectivity index (χ3n) is 3.59. The number of hydrogen-bond acceptors (Lipinski definition) is 8. The van der Waals surface area contributed by atoms with E-state index in [0.29, 0.717) is 10.3 Å². The third kappa shape index (κ3) is 4.02. The fraction of sp³-hybridized carbons (Fsp3) is 0.312. The van der Waals surface area contributed by atoms with E-state index in [1.54, 1.807) is 7.11 Å². The van der Waals surface area contributed by atoms with Crippen molar-refractivity contribution in [2.75, 3.05) is 12.4 Å². The Bertz CT molecular complexity index is 906. The molecule has 0 fully saturated rings. The lowest BCUT2D eigenvalue weighted by Crippen LogP contribution is -2.22. The molecule has 0 aliphatic heterocycles. The highest BCUT2D eigenvalue weighted by Crippen LogP contribution is 2.27. The standard InChI is InChI=1S/C16H18N6O2S2/c1-9(14(23)17-15-20-18-10(2)26-15)25-16-21-19-13(22(16)3)11-5-7-12(24-4)8-6-11/h5-9H,1-4H3,(H,17,20,23)/t9-/m0/s1. The summed E-state index contributed by atoms with van der Waals surface area (Å²) in [4.78, 5) is 12.3. The Hall–Kier alpha value is -2.46. The van der Waals surface area contributed by atoms with Crippen LogP contribution in [0.25, 0.3) is 11.4 Å². The SMILES string of the molecule is COc1ccc(-c2nnc(S[C@@H](C)C(=O)Nc3nnc(C)s3)n2C)cc1. The summed E-state index contributed by atoms with van der Waals surface area (Å²) in [5.74, 6) is 1.35. The minimum Gasteiger partial charge on any atom is -0.497 e. The van der Waals surface area contributed by atoms with Gasteiger partial charge in [0.25, 0.3) is 0 Å². The number of carbonyl (C=O) groups is 1. The molecule has 3 aromatic rings. The average Bonchev–Trinajstić information content (AvgIpc) is 3.21. The predicted molar refractivity (Wildman–Crippen MR) is 102 cm³/mol. The van der Waals surface area contributed by atoms with Gasteiger partial charge in [0, 0.05) is 12.6 Å². The maximum Gasteiger partial charge on any atom is 0.239 e. The Morgan fingerprint density at radius 2 is 1.96 bits per heavy atom. The van der Waals surface area contributed by atoms with Crippen LogP contribution < -0.4 is 10.1 Å². The molecular formula is C16H18N6O2S2. The number of rotatable bonds is 6. The van der Waals surface area contributed by atoms with Gasteiger partial charge in [-0.05, 0) is 38.1 Å². The second-order valence-electron chi connectivity index (χ2n) is 5.47. The molecule has 2 aromatic heterocycles. The molecule has 0 saturated heterocycles. The first-order valence-electron chi connectivity index (χ1n) is 7.79. The topological polar surface area (TPSA) is 94.8 Å². The van der Waals surface area contributed by atoms with Crippen molar-refractivity contribution in [1.29, 1.82) is 0 Å². The minimum atomic E-state index is -0.356. The molecule has 1 N–H and O–H groups in total. The van der Waals surface area contributed by atoms with Crippen molar-refractivity contribution in [2.45, 2.75) is 24.3 Å². The molecule has 0 aliphatic carbocycles. The number of hydrogen-bond donors (Lipinski definition) is 1. The van der Waals surface area contributed by atoms with E-state index in [0.717, 1.165) is 22.1 Å². The number of aromatic nitrogens is 5. The quantitative estimate of drug-likeness (QED) is 0.647. The molecule has 1 atom stereocenters. The summed E-state index contributed by atoms with van der Waals surface area (Å²) in [6.07, 6.45) is 0. The summed E-state index contributed by atoms with van der Waals surface area (Å²) in [7, 11) is 3.50. The molecule has 0 bridgehead atoms. The Labute approximate surface area is 159 Å². The van der Waals surface area contributed by atoms with E-state index in [1.807, 2.05) is 49.7 Å². The lowest BCUT2D eigenvalue weighted by Gasteiger charge is -2.10. The van der Waals surface area contributed by atoms with Crippen molar-refractivity contribution in [3.8, 4) is 17.1 Å². The summed E-state index contributed by atoms with van der Waals surface area (Å²) in [6, 6.07) is 7.59. The van der Waals surface area contributed by atoms with E-state index in [-0.39, 0.29) is 11.2 Å². The lowest BCUT2D eigenvalue weighted by molar-refractivity contribution is -0.115. The molecule has 2 heterocycles. The van der Waals surface area contributed by atoms with Crippen molar-refractivity contribution < 1.29 is 9.53 Å². The summed E-state index contributed by atoms with van der Waals surface area (Å²) >= 11 is 2.68. The zero-order chi connectivity index (χ0) is 18.7. The molecule has 0 aliphatic rings. The number of anilines is 1. The molecule has 0 spiro atoms. The van der Waals surface area contributed by atoms with Gasteiger partial charge in [-0.1, -0.05) is 23.1 Å². The van der Waals surface area contributed by atoms with Crippen LogP contribution in [0.5, 0.6) is 5.75 Å². The molecule has 1 amide bonds. The number of thioether (sulfide) groups is 1. The van der Waals surface area contributed by atoms with Gasteiger partial charge in [-0.25, -0.2) is 0 Å². The van der Waals surface area contributed by atoms with Crippen LogP contribution in [0.4, 0.5) is 5.13 Å². The zero-order valence-corrected chi connectivity index (χ0v) is 16.4. The maximum absolute atomic E-state index is 12.3. The molecule has 8 nitrogen and oxygen atoms in total. The number of nitrogens with one attached hydrogen (secondary N) is 1. The fourth-order valence-electron chi connectivity index (χ4n) is 2.17. The Morgan fingerprint density at radius 3 is 2.58 bits per heavy atom. The highest BCUT2D eigenvalue weighted by molar-refractivity contribution is 8.00. The molecule has 26 heavy (non-hydrogen) atoms. The molecule has 0 radical (unpaired) electrons. The van der Waals surface area contributed by atoms with E-state index in [4.69, 9.17) is 4.74 Å². The average molecular weight is 390 g/mol. The summed E-state index contributed by atoms with van der Waals surface area (Å²) in [6.45, 7) is 3.65. The van der Waals surface area contributed by atoms with Crippen LogP contribution in [0, 0.1) is 6.92 Å². The Morgan fingerprint density at radius 1 is 1.23 bits per heavy atom. The highest BCUT2D eigenvalue weighted by atomic mass is 32.2. The molecule has 0 unspecified atom stereocenters. The highest BCUT2D eigenvalue weighted by Gasteiger charge is 2.20. The van der Waals surface area contributed by atoms with Crippen LogP contribution >= 0.6 is 23.1 Å². The van der Waals surface area contributed by atoms with Gasteiger partial charge in [-0.2, -0.15) is 0 Å². The van der Waals surface area contributed by atoms with E-state index in [2.05, 4.69) is 25.7 Å². The van der Waals surface area contributed by atoms with Crippen LogP contribution in [0.15, 0.2) is 29.4 Å². The van der Waals surface area contributed by atoms with Crippen molar-refractivity contribution >= 4 is 34.1 Å². The van der Waals surface area contributed by atoms with E-state index in [1.165, 1.54) is 23.1 Å². The van der Waals surface area contributed by atoms with Crippen LogP contribution in [0.3, 0.4) is 0 Å². The van der Waals surface area contributed by atoms with Gasteiger partial charge < -0.3 is 9.30 Å². The van der Waals surface area contributed by atoms with Crippen LogP contribution in [0.2, 0.25) is 0 Å². The van der Waals surface area contributed by atoms with Crippen molar-refractivity contribution in [3.05, 3.63) is 29.3 Å². The van der Waals surface area contributed by atoms with E-state index in [9.17, 15) is 4.79 Å². The van der Waals surface area contributed by atoms with Crippen LogP contribution in [0.1, 0.15) is 11.9 Å². The van der Waals surface area contributed by atoms with E-state index >= 15 is 0 Å². The fourth-order valence-corrected chi connectivity index (χ4v) is 3.58. The summed E-state index contributed by atoms with van der Waals surface area (Å²) < 4.78 is 7.04. The number of benzene rings is 1. The minimum absolute atomic E-state index is 0.153. The zero-order valence-electron chi connectivity index (χ0n) is 14.8. The molecule has 0 saturated carbocycles. The van der Waals surface area contributed by atoms with Gasteiger partial charge in [0.15, 0.2) is 11.0 Å². The smallest absolute Gasteiger partial charge is 0.239 e. The van der Waals surface area contributed by atoms with Crippen molar-refractivity contribution in [1.82, 2.24) is 25.0 Å². The maximum atomic E-state index is 12.3. The van der Waals surface area contributed by atoms with Gasteiger partial charge in [-0.15, -0.1) is 20.4 Å². The van der Waals surface area contributed by atoms with Crippen LogP contribution in [-0.2, 0) is 11.8 Å². The number of ether oxygens (including phenoxy) is 1. The number of nitrogens with zero attached hydrogens (tertiary/aromatic N) is 5. The van der Waals surface area contributed by atoms with Gasteiger partial charge >= 0.3 is 0 Å². The third-order valence-corrected chi connectivity index (χ3v) is 5.48. The number of aryl methyl sites for hydroxylation is 1. The second-order valence-corrected chi connectivity index (χ2v) is 7.96. The van der Waals surface area contributed by atoms with Gasteiger partial charge in [0.05, 0.1) is 12.4 Å². The first kappa shape index (κ1) is 18.3. The first-order valence-corrected chi connectivity index (χ1v) is 9.49. The molecular weight excluding hydrogens is 372 g/mol. The van der Waals surface area contributed by atoms with E-state index < -0.39 is 0 Å². The first-order chi connectivity index (χ1) is 12.5. The Kier molecular flexibility index (Phi) is 5.52. The van der Waals surface area contributed by atoms with Crippen molar-refractivity contribution in [3.63, 3.8) is 0 Å². The lowest BCUT2D eigenvalue weighted by atomic mass is 10.2. The van der Waals surface area contributed by atoms with Gasteiger partial charge in [0.1, 0.15) is 10.8 Å². The molecule has 10 heteroatoms. The molecule has 136 valence electrons. The molecule has 3 rings (SSSR count). The van der Waals surface area contributed by atoms with Crippen molar-refractivity contribution in [2.24, 2.45) is 7.05 Å². The number of amides is 1. The Balaban J connectivity index is 1.69. The number of methoxy groups -OCH3 is 1. The largest absolute Gasteiger partial charge is 0.497 e. The normalized spacial score (nSPS) is 12.0. The summed E-state index contributed by atoms with van der Waals surface area (Å²) in [5, 5.41) is 20.6. The summed E-state index contributed by atoms with van der Waals surface area (Å²) in [5.41, 5.74) is 0.925. The van der Waals surface area contributed by atoms with Gasteiger partial charge in [-0.3, -0.25) is 10.1 Å². The molecule has 1 aromatic carbocycles. The van der Waals surface area contributed by atoms with Crippen LogP contribution in [-0.4, -0.2) is 43.2 Å².